The summed E-state index contributed by atoms with van der Waals surface area (Å²) in [6, 6.07) is 5.95. The average molecular weight is 138 g/mol. The zero-order chi connectivity index (χ0) is 7.56. The highest BCUT2D eigenvalue weighted by molar-refractivity contribution is 6.64. The third kappa shape index (κ3) is 1.58. The Labute approximate surface area is 59.6 Å². The number of rotatable bonds is 1. The van der Waals surface area contributed by atoms with Crippen LogP contribution in [0.4, 0.5) is 4.39 Å². The Balaban J connectivity index is 2.96. The fourth-order valence-electron chi connectivity index (χ4n) is 0.766. The van der Waals surface area contributed by atoms with Crippen LogP contribution in [0.1, 0.15) is 0 Å². The summed E-state index contributed by atoms with van der Waals surface area (Å²) in [6.45, 7) is 1.02. The molecule has 0 aliphatic rings. The van der Waals surface area contributed by atoms with Gasteiger partial charge in [0.05, 0.1) is 0 Å². The molecule has 1 N–H and O–H groups in total. The topological polar surface area (TPSA) is 20.2 Å². The second-order valence-corrected chi connectivity index (χ2v) is 2.23. The SMILES string of the molecule is CB(O)c1cccc(F)c1. The molecule has 10 heavy (non-hydrogen) atoms. The van der Waals surface area contributed by atoms with E-state index in [-0.39, 0.29) is 5.82 Å². The van der Waals surface area contributed by atoms with E-state index in [1.807, 2.05) is 0 Å². The second-order valence-electron chi connectivity index (χ2n) is 2.23. The predicted molar refractivity (Wildman–Crippen MR) is 39.9 cm³/mol. The summed E-state index contributed by atoms with van der Waals surface area (Å²) in [5, 5.41) is 8.98. The Morgan fingerprint density at radius 3 is 2.60 bits per heavy atom. The van der Waals surface area contributed by atoms with E-state index in [9.17, 15) is 4.39 Å². The molecule has 0 fully saturated rings. The molecule has 0 heterocycles. The van der Waals surface area contributed by atoms with Crippen LogP contribution in [0.25, 0.3) is 0 Å². The highest BCUT2D eigenvalue weighted by Crippen LogP contribution is 1.93. The smallest absolute Gasteiger partial charge is 0.320 e. The van der Waals surface area contributed by atoms with Crippen molar-refractivity contribution in [3.63, 3.8) is 0 Å². The quantitative estimate of drug-likeness (QED) is 0.564. The molecule has 0 radical (unpaired) electrons. The molecule has 0 atom stereocenters. The highest BCUT2D eigenvalue weighted by Gasteiger charge is 2.05. The van der Waals surface area contributed by atoms with E-state index in [0.717, 1.165) is 0 Å². The van der Waals surface area contributed by atoms with E-state index in [1.165, 1.54) is 12.1 Å². The summed E-state index contributed by atoms with van der Waals surface area (Å²) in [7, 11) is 0. The lowest BCUT2D eigenvalue weighted by molar-refractivity contribution is 0.592. The van der Waals surface area contributed by atoms with Crippen molar-refractivity contribution in [2.24, 2.45) is 0 Å². The van der Waals surface area contributed by atoms with Crippen LogP contribution in [-0.4, -0.2) is 11.9 Å². The van der Waals surface area contributed by atoms with Crippen molar-refractivity contribution in [1.29, 1.82) is 0 Å². The molecular weight excluding hydrogens is 130 g/mol. The van der Waals surface area contributed by atoms with Gasteiger partial charge in [-0.2, -0.15) is 0 Å². The van der Waals surface area contributed by atoms with Gasteiger partial charge in [-0.05, 0) is 17.6 Å². The summed E-state index contributed by atoms with van der Waals surface area (Å²) in [4.78, 5) is 0. The summed E-state index contributed by atoms with van der Waals surface area (Å²) >= 11 is 0. The standard InChI is InChI=1S/C7H8BFO/c1-8(10)6-3-2-4-7(9)5-6/h2-5,10H,1H3. The minimum absolute atomic E-state index is 0.307. The molecule has 0 aliphatic carbocycles. The monoisotopic (exact) mass is 138 g/mol. The normalized spacial score (nSPS) is 9.50. The van der Waals surface area contributed by atoms with E-state index in [0.29, 0.717) is 5.46 Å². The molecule has 0 bridgehead atoms. The molecule has 0 spiro atoms. The first-order chi connectivity index (χ1) is 4.70. The molecule has 0 saturated carbocycles. The third-order valence-electron chi connectivity index (χ3n) is 1.33. The number of hydrogen-bond donors (Lipinski definition) is 1. The van der Waals surface area contributed by atoms with Crippen LogP contribution < -0.4 is 5.46 Å². The molecular formula is C7H8BFO. The van der Waals surface area contributed by atoms with Gasteiger partial charge in [0, 0.05) is 0 Å². The first kappa shape index (κ1) is 7.28. The van der Waals surface area contributed by atoms with E-state index >= 15 is 0 Å². The molecule has 1 nitrogen and oxygen atoms in total. The number of halogens is 1. The van der Waals surface area contributed by atoms with Gasteiger partial charge in [-0.15, -0.1) is 0 Å². The maximum Gasteiger partial charge on any atom is 0.320 e. The minimum Gasteiger partial charge on any atom is -0.446 e. The summed E-state index contributed by atoms with van der Waals surface area (Å²) in [6.07, 6.45) is 0. The van der Waals surface area contributed by atoms with Crippen molar-refractivity contribution in [3.05, 3.63) is 30.1 Å². The summed E-state index contributed by atoms with van der Waals surface area (Å²) in [5.41, 5.74) is 0.611. The lowest BCUT2D eigenvalue weighted by atomic mass is 9.64. The maximum atomic E-state index is 12.4. The predicted octanol–water partition coefficient (Wildman–Crippen LogP) is 0.646. The van der Waals surface area contributed by atoms with Crippen LogP contribution in [0.15, 0.2) is 24.3 Å². The Hall–Kier alpha value is -0.825. The number of benzene rings is 1. The van der Waals surface area contributed by atoms with Crippen LogP contribution >= 0.6 is 0 Å². The Morgan fingerprint density at radius 2 is 2.20 bits per heavy atom. The Bertz CT molecular complexity index is 225. The van der Waals surface area contributed by atoms with Crippen molar-refractivity contribution >= 4 is 12.4 Å². The van der Waals surface area contributed by atoms with Crippen LogP contribution in [0, 0.1) is 5.82 Å². The lowest BCUT2D eigenvalue weighted by Gasteiger charge is -1.98. The van der Waals surface area contributed by atoms with Gasteiger partial charge in [-0.1, -0.05) is 19.0 Å². The average Bonchev–Trinajstić information content (AvgIpc) is 1.88. The summed E-state index contributed by atoms with van der Waals surface area (Å²) in [5.74, 6) is -0.307. The second kappa shape index (κ2) is 2.84. The molecule has 0 unspecified atom stereocenters. The molecule has 1 aromatic carbocycles. The molecule has 1 aromatic rings. The van der Waals surface area contributed by atoms with Crippen LogP contribution in [0.5, 0.6) is 0 Å². The fraction of sp³-hybridized carbons (Fsp3) is 0.143. The number of hydrogen-bond acceptors (Lipinski definition) is 1. The first-order valence-corrected chi connectivity index (χ1v) is 3.13. The van der Waals surface area contributed by atoms with E-state index in [1.54, 1.807) is 19.0 Å². The molecule has 1 rings (SSSR count). The molecule has 0 aromatic heterocycles. The van der Waals surface area contributed by atoms with Crippen molar-refractivity contribution < 1.29 is 9.41 Å². The Kier molecular flexibility index (Phi) is 2.07. The lowest BCUT2D eigenvalue weighted by Crippen LogP contribution is -2.25. The van der Waals surface area contributed by atoms with Gasteiger partial charge < -0.3 is 5.02 Å². The molecule has 0 aliphatic heterocycles. The van der Waals surface area contributed by atoms with Crippen LogP contribution in [-0.2, 0) is 0 Å². The van der Waals surface area contributed by atoms with E-state index in [2.05, 4.69) is 0 Å². The first-order valence-electron chi connectivity index (χ1n) is 3.13. The zero-order valence-corrected chi connectivity index (χ0v) is 5.71. The van der Waals surface area contributed by atoms with Crippen molar-refractivity contribution in [2.75, 3.05) is 0 Å². The maximum absolute atomic E-state index is 12.4. The largest absolute Gasteiger partial charge is 0.446 e. The Morgan fingerprint density at radius 1 is 1.50 bits per heavy atom. The third-order valence-corrected chi connectivity index (χ3v) is 1.33. The van der Waals surface area contributed by atoms with Crippen LogP contribution in [0.3, 0.4) is 0 Å². The van der Waals surface area contributed by atoms with E-state index < -0.39 is 6.92 Å². The zero-order valence-electron chi connectivity index (χ0n) is 5.71. The molecule has 3 heteroatoms. The summed E-state index contributed by atoms with van der Waals surface area (Å²) < 4.78 is 12.4. The van der Waals surface area contributed by atoms with Gasteiger partial charge in [-0.25, -0.2) is 4.39 Å². The molecule has 0 amide bonds. The highest BCUT2D eigenvalue weighted by atomic mass is 19.1. The van der Waals surface area contributed by atoms with Crippen molar-refractivity contribution in [2.45, 2.75) is 6.82 Å². The van der Waals surface area contributed by atoms with Gasteiger partial charge in [0.2, 0.25) is 0 Å². The van der Waals surface area contributed by atoms with Crippen molar-refractivity contribution in [1.82, 2.24) is 0 Å². The molecule has 52 valence electrons. The van der Waals surface area contributed by atoms with E-state index in [4.69, 9.17) is 5.02 Å². The van der Waals surface area contributed by atoms with Crippen LogP contribution in [0.2, 0.25) is 6.82 Å². The molecule has 0 saturated heterocycles. The van der Waals surface area contributed by atoms with Gasteiger partial charge in [0.15, 0.2) is 0 Å². The van der Waals surface area contributed by atoms with Gasteiger partial charge in [-0.3, -0.25) is 0 Å². The van der Waals surface area contributed by atoms with Gasteiger partial charge in [0.25, 0.3) is 0 Å². The minimum atomic E-state index is -0.587. The van der Waals surface area contributed by atoms with Gasteiger partial charge in [0.1, 0.15) is 5.82 Å². The fourth-order valence-corrected chi connectivity index (χ4v) is 0.766. The van der Waals surface area contributed by atoms with Crippen molar-refractivity contribution in [3.8, 4) is 0 Å². The van der Waals surface area contributed by atoms with Gasteiger partial charge >= 0.3 is 6.92 Å².